The monoisotopic (exact) mass is 444 g/mol. The quantitative estimate of drug-likeness (QED) is 0.340. The van der Waals surface area contributed by atoms with E-state index in [2.05, 4.69) is 4.98 Å². The van der Waals surface area contributed by atoms with E-state index in [1.54, 1.807) is 61.8 Å². The zero-order chi connectivity index (χ0) is 23.7. The molecular formula is C26H24N2O5. The Kier molecular flexibility index (Phi) is 5.87. The van der Waals surface area contributed by atoms with Crippen LogP contribution in [-0.2, 0) is 9.59 Å². The van der Waals surface area contributed by atoms with Crippen LogP contribution in [0.2, 0.25) is 0 Å². The lowest BCUT2D eigenvalue weighted by molar-refractivity contribution is -0.132. The molecule has 2 N–H and O–H groups in total. The Bertz CT molecular complexity index is 1250. The molecule has 3 aromatic rings. The molecule has 0 aliphatic carbocycles. The number of methoxy groups -OCH3 is 1. The Balaban J connectivity index is 1.95. The molecule has 1 fully saturated rings. The fourth-order valence-corrected chi connectivity index (χ4v) is 4.09. The van der Waals surface area contributed by atoms with Crippen LogP contribution >= 0.6 is 0 Å². The SMILES string of the molecule is COc1ccc(/C(O)=C2/C(=O)C(=O)N(c3ccccc3O)C2c2cccnc2)cc1C(C)C. The number of aromatic nitrogens is 1. The molecule has 1 saturated heterocycles. The summed E-state index contributed by atoms with van der Waals surface area (Å²) in [5.74, 6) is -1.37. The molecule has 0 spiro atoms. The molecule has 7 heteroatoms. The maximum atomic E-state index is 13.2. The van der Waals surface area contributed by atoms with E-state index in [4.69, 9.17) is 4.74 Å². The summed E-state index contributed by atoms with van der Waals surface area (Å²) in [6.07, 6.45) is 3.11. The van der Waals surface area contributed by atoms with Gasteiger partial charge in [0, 0.05) is 18.0 Å². The first kappa shape index (κ1) is 22.1. The van der Waals surface area contributed by atoms with Gasteiger partial charge < -0.3 is 14.9 Å². The highest BCUT2D eigenvalue weighted by molar-refractivity contribution is 6.51. The molecule has 1 atom stereocenters. The van der Waals surface area contributed by atoms with Crippen molar-refractivity contribution in [2.24, 2.45) is 0 Å². The van der Waals surface area contributed by atoms with Crippen LogP contribution in [0.3, 0.4) is 0 Å². The van der Waals surface area contributed by atoms with Crippen molar-refractivity contribution in [1.82, 2.24) is 4.98 Å². The number of carbonyl (C=O) groups is 2. The zero-order valence-electron chi connectivity index (χ0n) is 18.5. The van der Waals surface area contributed by atoms with Gasteiger partial charge in [0.15, 0.2) is 0 Å². The molecule has 33 heavy (non-hydrogen) atoms. The van der Waals surface area contributed by atoms with Crippen molar-refractivity contribution in [1.29, 1.82) is 0 Å². The third-order valence-electron chi connectivity index (χ3n) is 5.71. The molecule has 2 heterocycles. The van der Waals surface area contributed by atoms with E-state index in [-0.39, 0.29) is 28.7 Å². The van der Waals surface area contributed by atoms with Gasteiger partial charge in [-0.2, -0.15) is 0 Å². The number of benzene rings is 2. The lowest BCUT2D eigenvalue weighted by atomic mass is 9.93. The van der Waals surface area contributed by atoms with Crippen molar-refractivity contribution >= 4 is 23.1 Å². The van der Waals surface area contributed by atoms with Gasteiger partial charge in [0.2, 0.25) is 0 Å². The third kappa shape index (κ3) is 3.82. The number of Topliss-reactive ketones (excluding diaryl/α,β-unsaturated/α-hetero) is 1. The van der Waals surface area contributed by atoms with Crippen molar-refractivity contribution in [2.75, 3.05) is 12.0 Å². The summed E-state index contributed by atoms with van der Waals surface area (Å²) < 4.78 is 5.42. The standard InChI is InChI=1S/C26H24N2O5/c1-15(2)18-13-16(10-11-21(18)33-3)24(30)22-23(17-7-6-12-27-14-17)28(26(32)25(22)31)19-8-4-5-9-20(19)29/h4-15,23,29-30H,1-3H3/b24-22-. The van der Waals surface area contributed by atoms with Gasteiger partial charge in [-0.05, 0) is 53.4 Å². The van der Waals surface area contributed by atoms with Crippen LogP contribution in [0.5, 0.6) is 11.5 Å². The van der Waals surface area contributed by atoms with Crippen LogP contribution in [0.1, 0.15) is 42.5 Å². The Morgan fingerprint density at radius 1 is 1.09 bits per heavy atom. The summed E-state index contributed by atoms with van der Waals surface area (Å²) >= 11 is 0. The summed E-state index contributed by atoms with van der Waals surface area (Å²) in [5, 5.41) is 21.7. The number of carbonyl (C=O) groups excluding carboxylic acids is 2. The molecule has 0 saturated carbocycles. The van der Waals surface area contributed by atoms with E-state index >= 15 is 0 Å². The summed E-state index contributed by atoms with van der Waals surface area (Å²) in [4.78, 5) is 31.7. The second-order valence-electron chi connectivity index (χ2n) is 8.06. The first-order valence-electron chi connectivity index (χ1n) is 10.5. The van der Waals surface area contributed by atoms with Crippen LogP contribution in [0, 0.1) is 0 Å². The number of phenolic OH excluding ortho intramolecular Hbond substituents is 1. The zero-order valence-corrected chi connectivity index (χ0v) is 18.5. The van der Waals surface area contributed by atoms with E-state index in [1.165, 1.54) is 17.2 Å². The second kappa shape index (κ2) is 8.78. The maximum Gasteiger partial charge on any atom is 0.300 e. The third-order valence-corrected chi connectivity index (χ3v) is 5.71. The van der Waals surface area contributed by atoms with E-state index in [1.807, 2.05) is 13.8 Å². The number of ketones is 1. The average Bonchev–Trinajstić information content (AvgIpc) is 3.09. The van der Waals surface area contributed by atoms with Crippen molar-refractivity contribution in [3.8, 4) is 11.5 Å². The van der Waals surface area contributed by atoms with Gasteiger partial charge in [-0.1, -0.05) is 32.0 Å². The van der Waals surface area contributed by atoms with Crippen LogP contribution in [0.4, 0.5) is 5.69 Å². The number of ether oxygens (including phenoxy) is 1. The van der Waals surface area contributed by atoms with Crippen LogP contribution in [0.25, 0.3) is 5.76 Å². The summed E-state index contributed by atoms with van der Waals surface area (Å²) in [7, 11) is 1.57. The van der Waals surface area contributed by atoms with Gasteiger partial charge in [-0.25, -0.2) is 0 Å². The molecule has 1 unspecified atom stereocenters. The minimum atomic E-state index is -0.961. The molecule has 2 aromatic carbocycles. The van der Waals surface area contributed by atoms with Crippen molar-refractivity contribution in [3.05, 3.63) is 89.3 Å². The largest absolute Gasteiger partial charge is 0.507 e. The highest BCUT2D eigenvalue weighted by Gasteiger charge is 2.47. The van der Waals surface area contributed by atoms with Crippen LogP contribution < -0.4 is 9.64 Å². The number of nitrogens with zero attached hydrogens (tertiary/aromatic N) is 2. The highest BCUT2D eigenvalue weighted by Crippen LogP contribution is 2.44. The highest BCUT2D eigenvalue weighted by atomic mass is 16.5. The molecule has 4 rings (SSSR count). The van der Waals surface area contributed by atoms with Gasteiger partial charge in [0.25, 0.3) is 11.7 Å². The molecule has 1 aliphatic heterocycles. The summed E-state index contributed by atoms with van der Waals surface area (Å²) in [6.45, 7) is 3.99. The molecule has 168 valence electrons. The molecule has 1 aliphatic rings. The number of phenols is 1. The minimum Gasteiger partial charge on any atom is -0.507 e. The fraction of sp³-hybridized carbons (Fsp3) is 0.192. The van der Waals surface area contributed by atoms with Gasteiger partial charge in [-0.3, -0.25) is 19.5 Å². The van der Waals surface area contributed by atoms with Gasteiger partial charge in [0.1, 0.15) is 17.3 Å². The van der Waals surface area contributed by atoms with Crippen LogP contribution in [-0.4, -0.2) is 34.0 Å². The average molecular weight is 444 g/mol. The minimum absolute atomic E-state index is 0.0730. The normalized spacial score (nSPS) is 17.6. The van der Waals surface area contributed by atoms with E-state index in [0.717, 1.165) is 5.56 Å². The number of anilines is 1. The number of amides is 1. The van der Waals surface area contributed by atoms with E-state index in [9.17, 15) is 19.8 Å². The number of aromatic hydroxyl groups is 1. The fourth-order valence-electron chi connectivity index (χ4n) is 4.09. The van der Waals surface area contributed by atoms with Gasteiger partial charge >= 0.3 is 0 Å². The Morgan fingerprint density at radius 2 is 1.85 bits per heavy atom. The smallest absolute Gasteiger partial charge is 0.300 e. The molecule has 7 nitrogen and oxygen atoms in total. The Hall–Kier alpha value is -4.13. The lowest BCUT2D eigenvalue weighted by Crippen LogP contribution is -2.29. The second-order valence-corrected chi connectivity index (χ2v) is 8.06. The molecule has 0 bridgehead atoms. The van der Waals surface area contributed by atoms with Crippen molar-refractivity contribution in [3.63, 3.8) is 0 Å². The van der Waals surface area contributed by atoms with Gasteiger partial charge in [-0.15, -0.1) is 0 Å². The summed E-state index contributed by atoms with van der Waals surface area (Å²) in [5.41, 5.74) is 1.87. The Morgan fingerprint density at radius 3 is 2.48 bits per heavy atom. The van der Waals surface area contributed by atoms with Gasteiger partial charge in [0.05, 0.1) is 24.4 Å². The van der Waals surface area contributed by atoms with Crippen molar-refractivity contribution < 1.29 is 24.5 Å². The number of hydrogen-bond donors (Lipinski definition) is 2. The number of aliphatic hydroxyl groups excluding tert-OH is 1. The Labute approximate surface area is 191 Å². The summed E-state index contributed by atoms with van der Waals surface area (Å²) in [6, 6.07) is 13.8. The number of para-hydroxylation sites is 2. The first-order chi connectivity index (χ1) is 15.8. The number of rotatable bonds is 5. The number of aliphatic hydroxyl groups is 1. The number of hydrogen-bond acceptors (Lipinski definition) is 6. The predicted octanol–water partition coefficient (Wildman–Crippen LogP) is 4.55. The molecule has 0 radical (unpaired) electrons. The molecule has 1 amide bonds. The number of pyridine rings is 1. The molecule has 1 aromatic heterocycles. The topological polar surface area (TPSA) is 100.0 Å². The predicted molar refractivity (Wildman–Crippen MR) is 124 cm³/mol. The maximum absolute atomic E-state index is 13.2. The first-order valence-corrected chi connectivity index (χ1v) is 10.5. The van der Waals surface area contributed by atoms with E-state index in [0.29, 0.717) is 16.9 Å². The van der Waals surface area contributed by atoms with Crippen molar-refractivity contribution in [2.45, 2.75) is 25.8 Å². The van der Waals surface area contributed by atoms with Crippen LogP contribution in [0.15, 0.2) is 72.6 Å². The molecular weight excluding hydrogens is 420 g/mol. The van der Waals surface area contributed by atoms with E-state index < -0.39 is 17.7 Å². The lowest BCUT2D eigenvalue weighted by Gasteiger charge is -2.25.